The number of benzene rings is 2. The minimum Gasteiger partial charge on any atom is -0.490 e. The molecule has 0 bridgehead atoms. The molecule has 6 heteroatoms. The zero-order valence-corrected chi connectivity index (χ0v) is 14.7. The van der Waals surface area contributed by atoms with Gasteiger partial charge in [-0.25, -0.2) is 0 Å². The Kier molecular flexibility index (Phi) is 5.24. The van der Waals surface area contributed by atoms with Gasteiger partial charge in [0.2, 0.25) is 11.8 Å². The molecule has 0 unspecified atom stereocenters. The number of fused-ring (bicyclic) bond motifs is 1. The van der Waals surface area contributed by atoms with Crippen molar-refractivity contribution in [1.82, 2.24) is 0 Å². The van der Waals surface area contributed by atoms with Crippen LogP contribution in [0.4, 0.5) is 11.4 Å². The van der Waals surface area contributed by atoms with Gasteiger partial charge in [-0.3, -0.25) is 9.59 Å². The van der Waals surface area contributed by atoms with Crippen LogP contribution in [0.25, 0.3) is 0 Å². The normalized spacial score (nSPS) is 13.0. The first kappa shape index (κ1) is 17.3. The minimum atomic E-state index is -0.237. The maximum Gasteiger partial charge on any atom is 0.227 e. The predicted octanol–water partition coefficient (Wildman–Crippen LogP) is 3.79. The molecule has 0 radical (unpaired) electrons. The van der Waals surface area contributed by atoms with Crippen molar-refractivity contribution in [3.05, 3.63) is 53.1 Å². The predicted molar refractivity (Wildman–Crippen MR) is 98.3 cm³/mol. The highest BCUT2D eigenvalue weighted by Crippen LogP contribution is 2.32. The summed E-state index contributed by atoms with van der Waals surface area (Å²) in [6, 6.07) is 12.8. The molecule has 2 aromatic carbocycles. The van der Waals surface area contributed by atoms with Crippen molar-refractivity contribution in [1.29, 1.82) is 0 Å². The van der Waals surface area contributed by atoms with E-state index in [1.807, 2.05) is 25.1 Å². The van der Waals surface area contributed by atoms with Gasteiger partial charge >= 0.3 is 0 Å². The summed E-state index contributed by atoms with van der Waals surface area (Å²) in [5, 5.41) is 3.20. The Morgan fingerprint density at radius 2 is 2.00 bits per heavy atom. The lowest BCUT2D eigenvalue weighted by Crippen LogP contribution is -2.38. The number of para-hydroxylation sites is 1. The second-order valence-corrected chi connectivity index (χ2v) is 6.30. The molecule has 0 atom stereocenters. The first-order valence-corrected chi connectivity index (χ1v) is 8.50. The first-order valence-electron chi connectivity index (χ1n) is 8.13. The number of aryl methyl sites for hydroxylation is 1. The van der Waals surface area contributed by atoms with E-state index in [1.54, 1.807) is 29.2 Å². The molecular formula is C19H19ClN2O3. The van der Waals surface area contributed by atoms with Crippen molar-refractivity contribution in [2.75, 3.05) is 23.4 Å². The fourth-order valence-corrected chi connectivity index (χ4v) is 2.90. The van der Waals surface area contributed by atoms with Crippen LogP contribution in [0.3, 0.4) is 0 Å². The quantitative estimate of drug-likeness (QED) is 0.904. The molecule has 2 aromatic rings. The van der Waals surface area contributed by atoms with Crippen molar-refractivity contribution in [2.45, 2.75) is 19.8 Å². The maximum absolute atomic E-state index is 12.6. The van der Waals surface area contributed by atoms with Gasteiger partial charge in [-0.15, -0.1) is 0 Å². The molecule has 0 saturated heterocycles. The number of carbonyl (C=O) groups is 2. The molecular weight excluding hydrogens is 340 g/mol. The fourth-order valence-electron chi connectivity index (χ4n) is 2.72. The van der Waals surface area contributed by atoms with Crippen LogP contribution in [-0.2, 0) is 9.59 Å². The Balaban J connectivity index is 1.61. The van der Waals surface area contributed by atoms with Gasteiger partial charge in [0.15, 0.2) is 0 Å². The van der Waals surface area contributed by atoms with Crippen LogP contribution in [0.1, 0.15) is 18.4 Å². The lowest BCUT2D eigenvalue weighted by Gasteiger charge is -2.30. The number of ether oxygens (including phenoxy) is 1. The summed E-state index contributed by atoms with van der Waals surface area (Å²) in [7, 11) is 0. The standard InChI is InChI=1S/C19H19ClN2O3/c1-13-6-7-17-16(12-13)22(10-11-25-17)19(24)9-8-18(23)21-15-5-3-2-4-14(15)20/h2-7,12H,8-11H2,1H3,(H,21,23). The second kappa shape index (κ2) is 7.57. The van der Waals surface area contributed by atoms with Crippen molar-refractivity contribution in [3.63, 3.8) is 0 Å². The molecule has 5 nitrogen and oxygen atoms in total. The van der Waals surface area contributed by atoms with E-state index in [2.05, 4.69) is 5.32 Å². The van der Waals surface area contributed by atoms with E-state index in [0.717, 1.165) is 11.3 Å². The van der Waals surface area contributed by atoms with Gasteiger partial charge in [0.05, 0.1) is 22.9 Å². The largest absolute Gasteiger partial charge is 0.490 e. The summed E-state index contributed by atoms with van der Waals surface area (Å²) in [6.07, 6.45) is 0.228. The molecule has 1 aliphatic rings. The zero-order valence-electron chi connectivity index (χ0n) is 13.9. The summed E-state index contributed by atoms with van der Waals surface area (Å²) < 4.78 is 5.59. The number of hydrogen-bond donors (Lipinski definition) is 1. The van der Waals surface area contributed by atoms with Gasteiger partial charge in [-0.05, 0) is 36.8 Å². The highest BCUT2D eigenvalue weighted by molar-refractivity contribution is 6.33. The zero-order chi connectivity index (χ0) is 17.8. The van der Waals surface area contributed by atoms with Crippen LogP contribution in [0.2, 0.25) is 5.02 Å². The molecule has 25 heavy (non-hydrogen) atoms. The molecule has 2 amide bonds. The number of hydrogen-bond acceptors (Lipinski definition) is 3. The van der Waals surface area contributed by atoms with E-state index >= 15 is 0 Å². The number of nitrogens with one attached hydrogen (secondary N) is 1. The van der Waals surface area contributed by atoms with Crippen LogP contribution in [0.5, 0.6) is 5.75 Å². The number of amides is 2. The van der Waals surface area contributed by atoms with Gasteiger partial charge in [0.1, 0.15) is 12.4 Å². The molecule has 1 N–H and O–H groups in total. The van der Waals surface area contributed by atoms with E-state index < -0.39 is 0 Å². The lowest BCUT2D eigenvalue weighted by atomic mass is 10.1. The van der Waals surface area contributed by atoms with Crippen LogP contribution < -0.4 is 15.0 Å². The third-order valence-electron chi connectivity index (χ3n) is 3.99. The average Bonchev–Trinajstić information content (AvgIpc) is 2.61. The summed E-state index contributed by atoms with van der Waals surface area (Å²) in [5.74, 6) is 0.370. The Bertz CT molecular complexity index is 807. The van der Waals surface area contributed by atoms with Crippen LogP contribution in [0.15, 0.2) is 42.5 Å². The molecule has 1 heterocycles. The number of nitrogens with zero attached hydrogens (tertiary/aromatic N) is 1. The SMILES string of the molecule is Cc1ccc2c(c1)N(C(=O)CCC(=O)Nc1ccccc1Cl)CCO2. The second-order valence-electron chi connectivity index (χ2n) is 5.89. The highest BCUT2D eigenvalue weighted by atomic mass is 35.5. The van der Waals surface area contributed by atoms with Crippen LogP contribution in [-0.4, -0.2) is 25.0 Å². The Morgan fingerprint density at radius 3 is 2.80 bits per heavy atom. The smallest absolute Gasteiger partial charge is 0.227 e. The van der Waals surface area contributed by atoms with Crippen molar-refractivity contribution < 1.29 is 14.3 Å². The van der Waals surface area contributed by atoms with Crippen LogP contribution in [0, 0.1) is 6.92 Å². The van der Waals surface area contributed by atoms with E-state index in [9.17, 15) is 9.59 Å². The molecule has 0 spiro atoms. The Hall–Kier alpha value is -2.53. The summed E-state index contributed by atoms with van der Waals surface area (Å²) in [6.45, 7) is 2.91. The summed E-state index contributed by atoms with van der Waals surface area (Å²) in [5.41, 5.74) is 2.37. The van der Waals surface area contributed by atoms with Crippen LogP contribution >= 0.6 is 11.6 Å². The third kappa shape index (κ3) is 4.12. The summed E-state index contributed by atoms with van der Waals surface area (Å²) >= 11 is 6.02. The van der Waals surface area contributed by atoms with E-state index in [-0.39, 0.29) is 24.7 Å². The van der Waals surface area contributed by atoms with Crippen molar-refractivity contribution in [2.24, 2.45) is 0 Å². The third-order valence-corrected chi connectivity index (χ3v) is 4.32. The number of anilines is 2. The maximum atomic E-state index is 12.6. The van der Waals surface area contributed by atoms with E-state index in [4.69, 9.17) is 16.3 Å². The molecule has 0 aromatic heterocycles. The first-order chi connectivity index (χ1) is 12.0. The Morgan fingerprint density at radius 1 is 1.20 bits per heavy atom. The summed E-state index contributed by atoms with van der Waals surface area (Å²) in [4.78, 5) is 26.3. The minimum absolute atomic E-state index is 0.0931. The molecule has 1 aliphatic heterocycles. The molecule has 0 fully saturated rings. The van der Waals surface area contributed by atoms with E-state index in [1.165, 1.54) is 0 Å². The van der Waals surface area contributed by atoms with Gasteiger partial charge in [-0.2, -0.15) is 0 Å². The molecule has 0 aliphatic carbocycles. The van der Waals surface area contributed by atoms with E-state index in [0.29, 0.717) is 29.6 Å². The van der Waals surface area contributed by atoms with Gasteiger partial charge < -0.3 is 15.0 Å². The fraction of sp³-hybridized carbons (Fsp3) is 0.263. The lowest BCUT2D eigenvalue weighted by molar-refractivity contribution is -0.122. The van der Waals surface area contributed by atoms with Gasteiger partial charge in [0.25, 0.3) is 0 Å². The number of rotatable bonds is 4. The van der Waals surface area contributed by atoms with Gasteiger partial charge in [-0.1, -0.05) is 29.8 Å². The average molecular weight is 359 g/mol. The molecule has 130 valence electrons. The van der Waals surface area contributed by atoms with Crippen molar-refractivity contribution >= 4 is 34.8 Å². The molecule has 3 rings (SSSR count). The molecule has 0 saturated carbocycles. The Labute approximate surface area is 151 Å². The highest BCUT2D eigenvalue weighted by Gasteiger charge is 2.24. The topological polar surface area (TPSA) is 58.6 Å². The van der Waals surface area contributed by atoms with Crippen molar-refractivity contribution in [3.8, 4) is 5.75 Å². The number of halogens is 1. The monoisotopic (exact) mass is 358 g/mol. The van der Waals surface area contributed by atoms with Gasteiger partial charge in [0, 0.05) is 12.8 Å². The number of carbonyl (C=O) groups excluding carboxylic acids is 2.